The van der Waals surface area contributed by atoms with Crippen molar-refractivity contribution >= 4 is 39.9 Å². The van der Waals surface area contributed by atoms with Crippen molar-refractivity contribution < 1.29 is 9.59 Å². The molecule has 0 unspecified atom stereocenters. The molecule has 0 bridgehead atoms. The lowest BCUT2D eigenvalue weighted by atomic mass is 10.1. The smallest absolute Gasteiger partial charge is 0.217 e. The van der Waals surface area contributed by atoms with Gasteiger partial charge in [-0.25, -0.2) is 4.85 Å². The second-order valence-corrected chi connectivity index (χ2v) is 6.51. The van der Waals surface area contributed by atoms with E-state index in [4.69, 9.17) is 18.2 Å². The molecule has 5 nitrogen and oxygen atoms in total. The summed E-state index contributed by atoms with van der Waals surface area (Å²) in [5, 5.41) is 3.57. The monoisotopic (exact) mass is 379 g/mol. The summed E-state index contributed by atoms with van der Waals surface area (Å²) in [6, 6.07) is 13.0. The van der Waals surface area contributed by atoms with E-state index in [1.54, 1.807) is 12.1 Å². The number of nitrogens with one attached hydrogen (secondary N) is 1. The molecule has 0 atom stereocenters. The molecule has 3 rings (SSSR count). The van der Waals surface area contributed by atoms with E-state index in [0.717, 1.165) is 27.8 Å². The zero-order valence-corrected chi connectivity index (χ0v) is 15.8. The fraction of sp³-hybridized carbons (Fsp3) is 0.190. The first kappa shape index (κ1) is 18.7. The van der Waals surface area contributed by atoms with Gasteiger partial charge in [0, 0.05) is 35.8 Å². The maximum atomic E-state index is 12.5. The number of rotatable bonds is 5. The van der Waals surface area contributed by atoms with E-state index in [0.29, 0.717) is 17.8 Å². The molecule has 1 amide bonds. The number of Topliss-reactive ketones (excluding diaryl/α,β-unsaturated/α-hetero) is 1. The lowest BCUT2D eigenvalue weighted by Gasteiger charge is -2.09. The van der Waals surface area contributed by atoms with Crippen LogP contribution in [0.4, 0.5) is 5.69 Å². The topological polar surface area (TPSA) is 55.5 Å². The number of carbonyl (C=O) groups excluding carboxylic acids is 2. The van der Waals surface area contributed by atoms with Crippen LogP contribution in [0.3, 0.4) is 0 Å². The summed E-state index contributed by atoms with van der Waals surface area (Å²) in [5.41, 5.74) is 4.59. The molecule has 0 radical (unpaired) electrons. The van der Waals surface area contributed by atoms with Crippen LogP contribution >= 0.6 is 11.6 Å². The Morgan fingerprint density at radius 1 is 1.19 bits per heavy atom. The lowest BCUT2D eigenvalue weighted by molar-refractivity contribution is -0.119. The highest BCUT2D eigenvalue weighted by Crippen LogP contribution is 2.31. The molecule has 0 aliphatic heterocycles. The van der Waals surface area contributed by atoms with Gasteiger partial charge in [-0.2, -0.15) is 0 Å². The van der Waals surface area contributed by atoms with Crippen molar-refractivity contribution in [1.82, 2.24) is 9.88 Å². The van der Waals surface area contributed by atoms with Gasteiger partial charge in [-0.3, -0.25) is 9.59 Å². The van der Waals surface area contributed by atoms with Gasteiger partial charge in [0.25, 0.3) is 0 Å². The number of hydrogen-bond donors (Lipinski definition) is 1. The Labute approximate surface area is 162 Å². The van der Waals surface area contributed by atoms with E-state index >= 15 is 0 Å². The highest BCUT2D eigenvalue weighted by molar-refractivity contribution is 6.32. The Morgan fingerprint density at radius 3 is 2.48 bits per heavy atom. The molecule has 1 heterocycles. The third-order valence-electron chi connectivity index (χ3n) is 4.45. The average molecular weight is 380 g/mol. The number of alkyl halides is 1. The quantitative estimate of drug-likeness (QED) is 0.401. The molecule has 6 heteroatoms. The Bertz CT molecular complexity index is 1080. The minimum Gasteiger partial charge on any atom is -0.352 e. The van der Waals surface area contributed by atoms with E-state index in [9.17, 15) is 9.59 Å². The summed E-state index contributed by atoms with van der Waals surface area (Å²) in [5.74, 6) is -0.361. The fourth-order valence-corrected chi connectivity index (χ4v) is 3.36. The number of carbonyl (C=O) groups is 2. The first-order valence-electron chi connectivity index (χ1n) is 8.41. The van der Waals surface area contributed by atoms with Gasteiger partial charge in [0.15, 0.2) is 11.5 Å². The number of ketones is 1. The molecule has 1 aromatic heterocycles. The molecule has 27 heavy (non-hydrogen) atoms. The maximum Gasteiger partial charge on any atom is 0.217 e. The summed E-state index contributed by atoms with van der Waals surface area (Å²) in [4.78, 5) is 27.1. The predicted octanol–water partition coefficient (Wildman–Crippen LogP) is 4.55. The van der Waals surface area contributed by atoms with E-state index < -0.39 is 0 Å². The van der Waals surface area contributed by atoms with Crippen LogP contribution in [0.2, 0.25) is 0 Å². The molecule has 0 aliphatic carbocycles. The van der Waals surface area contributed by atoms with Crippen molar-refractivity contribution in [3.05, 3.63) is 70.7 Å². The summed E-state index contributed by atoms with van der Waals surface area (Å²) in [6.07, 6.45) is 0. The highest BCUT2D eigenvalue weighted by atomic mass is 35.5. The van der Waals surface area contributed by atoms with Gasteiger partial charge in [-0.1, -0.05) is 18.2 Å². The minimum atomic E-state index is -0.146. The summed E-state index contributed by atoms with van der Waals surface area (Å²) in [6.45, 7) is 10.8. The Kier molecular flexibility index (Phi) is 5.29. The van der Waals surface area contributed by atoms with Crippen LogP contribution in [-0.4, -0.2) is 22.1 Å². The van der Waals surface area contributed by atoms with Crippen LogP contribution in [0.1, 0.15) is 28.5 Å². The number of nitrogens with zero attached hydrogens (tertiary/aromatic N) is 2. The Morgan fingerprint density at radius 2 is 1.89 bits per heavy atom. The van der Waals surface area contributed by atoms with Crippen LogP contribution in [0.15, 0.2) is 42.5 Å². The van der Waals surface area contributed by atoms with Crippen molar-refractivity contribution in [2.75, 3.05) is 5.88 Å². The molecular formula is C21H18ClN3O2. The Balaban J connectivity index is 2.21. The van der Waals surface area contributed by atoms with Crippen molar-refractivity contribution in [3.8, 4) is 5.69 Å². The van der Waals surface area contributed by atoms with Gasteiger partial charge in [0.1, 0.15) is 0 Å². The minimum absolute atomic E-state index is 0.105. The maximum absolute atomic E-state index is 12.5. The molecule has 0 fully saturated rings. The number of benzene rings is 2. The zero-order valence-electron chi connectivity index (χ0n) is 15.0. The third kappa shape index (κ3) is 3.57. The molecule has 0 spiro atoms. The van der Waals surface area contributed by atoms with Gasteiger partial charge in [-0.05, 0) is 36.8 Å². The number of hydrogen-bond acceptors (Lipinski definition) is 2. The number of amides is 1. The molecule has 1 N–H and O–H groups in total. The van der Waals surface area contributed by atoms with E-state index in [2.05, 4.69) is 10.2 Å². The van der Waals surface area contributed by atoms with E-state index in [-0.39, 0.29) is 17.6 Å². The molecule has 0 saturated heterocycles. The fourth-order valence-electron chi connectivity index (χ4n) is 3.23. The first-order chi connectivity index (χ1) is 13.0. The lowest BCUT2D eigenvalue weighted by Crippen LogP contribution is -2.18. The molecular weight excluding hydrogens is 362 g/mol. The van der Waals surface area contributed by atoms with Crippen LogP contribution in [0.25, 0.3) is 21.4 Å². The molecule has 136 valence electrons. The molecule has 0 saturated carbocycles. The summed E-state index contributed by atoms with van der Waals surface area (Å²) >= 11 is 5.85. The van der Waals surface area contributed by atoms with Crippen molar-refractivity contribution in [2.24, 2.45) is 0 Å². The number of fused-ring (bicyclic) bond motifs is 1. The third-order valence-corrected chi connectivity index (χ3v) is 4.69. The van der Waals surface area contributed by atoms with Crippen LogP contribution in [-0.2, 0) is 11.3 Å². The van der Waals surface area contributed by atoms with Crippen molar-refractivity contribution in [3.63, 3.8) is 0 Å². The first-order valence-corrected chi connectivity index (χ1v) is 8.95. The van der Waals surface area contributed by atoms with Crippen LogP contribution in [0.5, 0.6) is 0 Å². The largest absolute Gasteiger partial charge is 0.352 e. The SMILES string of the molecule is [C-]#[N+]c1ccc(-n2c(C)c(C(=O)CCl)c3cc(CNC(C)=O)ccc32)cc1. The van der Waals surface area contributed by atoms with Gasteiger partial charge < -0.3 is 9.88 Å². The van der Waals surface area contributed by atoms with Crippen molar-refractivity contribution in [1.29, 1.82) is 0 Å². The van der Waals surface area contributed by atoms with Crippen LogP contribution < -0.4 is 5.32 Å². The van der Waals surface area contributed by atoms with E-state index in [1.807, 2.05) is 41.8 Å². The van der Waals surface area contributed by atoms with Gasteiger partial charge >= 0.3 is 0 Å². The molecule has 3 aromatic rings. The highest BCUT2D eigenvalue weighted by Gasteiger charge is 2.20. The van der Waals surface area contributed by atoms with E-state index in [1.165, 1.54) is 6.92 Å². The summed E-state index contributed by atoms with van der Waals surface area (Å²) in [7, 11) is 0. The van der Waals surface area contributed by atoms with Crippen LogP contribution in [0, 0.1) is 13.5 Å². The predicted molar refractivity (Wildman–Crippen MR) is 107 cm³/mol. The standard InChI is InChI=1S/C21H18ClN3O2/c1-13-21(20(27)11-22)18-10-15(12-24-14(2)26)4-9-19(18)25(13)17-7-5-16(23-3)6-8-17/h4-10H,11-12H2,1-2H3,(H,24,26). The molecule has 2 aromatic carbocycles. The Hall–Kier alpha value is -3.10. The second-order valence-electron chi connectivity index (χ2n) is 6.24. The molecule has 0 aliphatic rings. The van der Waals surface area contributed by atoms with Gasteiger partial charge in [0.05, 0.1) is 18.0 Å². The number of halogens is 1. The zero-order chi connectivity index (χ0) is 19.6. The second kappa shape index (κ2) is 7.65. The summed E-state index contributed by atoms with van der Waals surface area (Å²) < 4.78 is 1.99. The van der Waals surface area contributed by atoms with Gasteiger partial charge in [0.2, 0.25) is 5.91 Å². The average Bonchev–Trinajstić information content (AvgIpc) is 2.97. The van der Waals surface area contributed by atoms with Crippen molar-refractivity contribution in [2.45, 2.75) is 20.4 Å². The normalized spacial score (nSPS) is 10.6. The number of aromatic nitrogens is 1. The van der Waals surface area contributed by atoms with Gasteiger partial charge in [-0.15, -0.1) is 11.6 Å².